The van der Waals surface area contributed by atoms with Crippen molar-refractivity contribution in [3.63, 3.8) is 0 Å². The molecule has 0 spiro atoms. The van der Waals surface area contributed by atoms with E-state index in [-0.39, 0.29) is 18.0 Å². The van der Waals surface area contributed by atoms with Gasteiger partial charge in [-0.15, -0.1) is 0 Å². The Kier molecular flexibility index (Phi) is 5.29. The second-order valence-corrected chi connectivity index (χ2v) is 6.53. The smallest absolute Gasteiger partial charge is 0.251 e. The van der Waals surface area contributed by atoms with Crippen molar-refractivity contribution in [2.75, 3.05) is 12.0 Å². The summed E-state index contributed by atoms with van der Waals surface area (Å²) in [6.45, 7) is 1.97. The number of nitrogens with zero attached hydrogens (tertiary/aromatic N) is 1. The molecule has 0 aromatic heterocycles. The Morgan fingerprint density at radius 3 is 2.95 bits per heavy atom. The number of amides is 1. The molecular weight excluding hydrogens is 312 g/mol. The first-order valence-electron chi connectivity index (χ1n) is 6.42. The highest BCUT2D eigenvalue weighted by molar-refractivity contribution is 7.98. The van der Waals surface area contributed by atoms with Crippen LogP contribution in [-0.4, -0.2) is 34.0 Å². The van der Waals surface area contributed by atoms with Crippen LogP contribution in [0.2, 0.25) is 5.02 Å². The lowest BCUT2D eigenvalue weighted by molar-refractivity contribution is -0.128. The van der Waals surface area contributed by atoms with Crippen LogP contribution in [0.25, 0.3) is 0 Å². The number of halogens is 1. The average molecular weight is 329 g/mol. The molecule has 1 aromatic carbocycles. The highest BCUT2D eigenvalue weighted by Crippen LogP contribution is 2.27. The van der Waals surface area contributed by atoms with Gasteiger partial charge in [-0.3, -0.25) is 9.69 Å². The summed E-state index contributed by atoms with van der Waals surface area (Å²) in [4.78, 5) is 14.1. The van der Waals surface area contributed by atoms with E-state index in [0.717, 1.165) is 17.7 Å². The van der Waals surface area contributed by atoms with Crippen molar-refractivity contribution in [2.24, 2.45) is 0 Å². The number of hydrogen-bond acceptors (Lipinski definition) is 3. The molecule has 1 saturated heterocycles. The zero-order chi connectivity index (χ0) is 14.7. The van der Waals surface area contributed by atoms with Crippen LogP contribution in [-0.2, 0) is 4.79 Å². The second kappa shape index (κ2) is 6.78. The molecule has 1 heterocycles. The Hall–Kier alpha value is -0.780. The topological polar surface area (TPSA) is 32.3 Å². The predicted octanol–water partition coefficient (Wildman–Crippen LogP) is 3.24. The van der Waals surface area contributed by atoms with Gasteiger partial charge in [-0.25, -0.2) is 0 Å². The van der Waals surface area contributed by atoms with Crippen LogP contribution >= 0.6 is 35.6 Å². The van der Waals surface area contributed by atoms with Crippen molar-refractivity contribution in [3.05, 3.63) is 34.9 Å². The van der Waals surface area contributed by atoms with E-state index in [1.54, 1.807) is 16.7 Å². The fourth-order valence-corrected chi connectivity index (χ4v) is 3.32. The van der Waals surface area contributed by atoms with Crippen LogP contribution in [0.4, 0.5) is 0 Å². The summed E-state index contributed by atoms with van der Waals surface area (Å²) in [5.41, 5.74) is 0.987. The van der Waals surface area contributed by atoms with Gasteiger partial charge in [0.1, 0.15) is 6.04 Å². The molecule has 1 aliphatic rings. The maximum atomic E-state index is 12.5. The molecule has 0 saturated carbocycles. The van der Waals surface area contributed by atoms with E-state index in [1.807, 2.05) is 37.4 Å². The van der Waals surface area contributed by atoms with E-state index in [9.17, 15) is 4.79 Å². The zero-order valence-corrected chi connectivity index (χ0v) is 13.8. The maximum absolute atomic E-state index is 12.5. The fraction of sp³-hybridized carbons (Fsp3) is 0.429. The Morgan fingerprint density at radius 1 is 1.55 bits per heavy atom. The normalized spacial score (nSPS) is 20.1. The summed E-state index contributed by atoms with van der Waals surface area (Å²) >= 11 is 13.0. The van der Waals surface area contributed by atoms with Gasteiger partial charge in [0.05, 0.1) is 6.04 Å². The van der Waals surface area contributed by atoms with Gasteiger partial charge >= 0.3 is 0 Å². The molecule has 108 valence electrons. The largest absolute Gasteiger partial charge is 0.350 e. The number of thiocarbonyl (C=S) groups is 1. The van der Waals surface area contributed by atoms with Gasteiger partial charge in [-0.05, 0) is 55.3 Å². The maximum Gasteiger partial charge on any atom is 0.251 e. The van der Waals surface area contributed by atoms with Gasteiger partial charge in [0.25, 0.3) is 5.91 Å². The van der Waals surface area contributed by atoms with Crippen LogP contribution in [0.15, 0.2) is 24.3 Å². The number of nitrogens with one attached hydrogen (secondary N) is 1. The highest BCUT2D eigenvalue weighted by atomic mass is 35.5. The molecule has 0 bridgehead atoms. The molecule has 1 N–H and O–H groups in total. The molecule has 1 aromatic rings. The summed E-state index contributed by atoms with van der Waals surface area (Å²) in [6, 6.07) is 7.23. The van der Waals surface area contributed by atoms with E-state index in [1.165, 1.54) is 0 Å². The van der Waals surface area contributed by atoms with Crippen molar-refractivity contribution in [2.45, 2.75) is 25.4 Å². The Morgan fingerprint density at radius 2 is 2.30 bits per heavy atom. The van der Waals surface area contributed by atoms with E-state index in [0.29, 0.717) is 10.1 Å². The van der Waals surface area contributed by atoms with Crippen LogP contribution in [0.1, 0.15) is 24.9 Å². The summed E-state index contributed by atoms with van der Waals surface area (Å²) < 4.78 is 0. The van der Waals surface area contributed by atoms with Crippen molar-refractivity contribution < 1.29 is 4.79 Å². The molecular formula is C14H17ClN2OS2. The summed E-state index contributed by atoms with van der Waals surface area (Å²) in [6.07, 6.45) is 2.82. The van der Waals surface area contributed by atoms with Crippen molar-refractivity contribution in [3.8, 4) is 0 Å². The molecule has 0 radical (unpaired) electrons. The van der Waals surface area contributed by atoms with E-state index in [4.69, 9.17) is 23.8 Å². The molecule has 1 fully saturated rings. The molecule has 0 aliphatic carbocycles. The monoisotopic (exact) mass is 328 g/mol. The minimum absolute atomic E-state index is 0.0523. The number of benzene rings is 1. The summed E-state index contributed by atoms with van der Waals surface area (Å²) in [5.74, 6) is 0.988. The molecule has 6 heteroatoms. The molecule has 1 aliphatic heterocycles. The Balaban J connectivity index is 2.15. The van der Waals surface area contributed by atoms with Crippen LogP contribution < -0.4 is 5.32 Å². The molecule has 0 unspecified atom stereocenters. The minimum Gasteiger partial charge on any atom is -0.350 e. The third-order valence-corrected chi connectivity index (χ3v) is 4.57. The highest BCUT2D eigenvalue weighted by Gasteiger charge is 2.38. The lowest BCUT2D eigenvalue weighted by Crippen LogP contribution is -2.34. The zero-order valence-electron chi connectivity index (χ0n) is 11.4. The molecule has 20 heavy (non-hydrogen) atoms. The second-order valence-electron chi connectivity index (χ2n) is 4.72. The third-order valence-electron chi connectivity index (χ3n) is 3.38. The predicted molar refractivity (Wildman–Crippen MR) is 89.2 cm³/mol. The third kappa shape index (κ3) is 3.27. The van der Waals surface area contributed by atoms with E-state index >= 15 is 0 Å². The number of carbonyl (C=O) groups excluding carboxylic acids is 1. The van der Waals surface area contributed by atoms with Gasteiger partial charge < -0.3 is 5.32 Å². The fourth-order valence-electron chi connectivity index (χ4n) is 2.26. The van der Waals surface area contributed by atoms with Crippen molar-refractivity contribution >= 4 is 46.6 Å². The minimum atomic E-state index is -0.198. The van der Waals surface area contributed by atoms with Gasteiger partial charge in [0, 0.05) is 5.02 Å². The first-order valence-corrected chi connectivity index (χ1v) is 8.60. The lowest BCUT2D eigenvalue weighted by Gasteiger charge is -2.23. The van der Waals surface area contributed by atoms with Crippen molar-refractivity contribution in [1.82, 2.24) is 10.2 Å². The Labute approximate surface area is 134 Å². The quantitative estimate of drug-likeness (QED) is 0.841. The summed E-state index contributed by atoms with van der Waals surface area (Å²) in [5, 5.41) is 4.29. The van der Waals surface area contributed by atoms with Gasteiger partial charge in [0.15, 0.2) is 5.11 Å². The van der Waals surface area contributed by atoms with Crippen LogP contribution in [0.5, 0.6) is 0 Å². The number of rotatable bonds is 5. The van der Waals surface area contributed by atoms with E-state index in [2.05, 4.69) is 5.32 Å². The first kappa shape index (κ1) is 15.6. The molecule has 2 atom stereocenters. The average Bonchev–Trinajstić information content (AvgIpc) is 2.70. The van der Waals surface area contributed by atoms with Gasteiger partial charge in [-0.2, -0.15) is 11.8 Å². The first-order chi connectivity index (χ1) is 9.54. The number of hydrogen-bond donors (Lipinski definition) is 1. The van der Waals surface area contributed by atoms with Crippen molar-refractivity contribution in [1.29, 1.82) is 0 Å². The lowest BCUT2D eigenvalue weighted by atomic mass is 10.1. The Bertz CT molecular complexity index is 524. The summed E-state index contributed by atoms with van der Waals surface area (Å²) in [7, 11) is 0. The van der Waals surface area contributed by atoms with Gasteiger partial charge in [-0.1, -0.05) is 23.7 Å². The van der Waals surface area contributed by atoms with E-state index < -0.39 is 0 Å². The standard InChI is InChI=1S/C14H17ClN2OS2/c1-9(10-4-3-5-11(15)8-10)17-13(18)12(6-7-20-2)16-14(17)19/h3-5,8-9,12H,6-7H2,1-2H3,(H,16,19)/t9-,12-/m1/s1. The number of thioether (sulfide) groups is 1. The van der Waals surface area contributed by atoms with Crippen LogP contribution in [0, 0.1) is 0 Å². The SMILES string of the molecule is CSCC[C@H]1NC(=S)N([C@H](C)c2cccc(Cl)c2)C1=O. The molecule has 2 rings (SSSR count). The molecule has 1 amide bonds. The van der Waals surface area contributed by atoms with Gasteiger partial charge in [0.2, 0.25) is 0 Å². The number of carbonyl (C=O) groups is 1. The molecule has 3 nitrogen and oxygen atoms in total. The van der Waals surface area contributed by atoms with Crippen LogP contribution in [0.3, 0.4) is 0 Å².